The van der Waals surface area contributed by atoms with Crippen molar-refractivity contribution in [3.8, 4) is 0 Å². The van der Waals surface area contributed by atoms with Gasteiger partial charge < -0.3 is 4.98 Å². The average Bonchev–Trinajstić information content (AvgIpc) is 2.90. The van der Waals surface area contributed by atoms with Crippen LogP contribution in [0.25, 0.3) is 10.8 Å². The Bertz CT molecular complexity index is 808. The highest BCUT2D eigenvalue weighted by Crippen LogP contribution is 2.20. The number of fused-ring (bicyclic) bond motifs is 1. The van der Waals surface area contributed by atoms with Crippen LogP contribution < -0.4 is 4.72 Å². The Hall–Kier alpha value is -2.27. The Morgan fingerprint density at radius 1 is 0.895 bits per heavy atom. The van der Waals surface area contributed by atoms with Gasteiger partial charge in [0, 0.05) is 6.20 Å². The summed E-state index contributed by atoms with van der Waals surface area (Å²) in [6.45, 7) is 0. The molecule has 0 fully saturated rings. The van der Waals surface area contributed by atoms with Crippen LogP contribution in [0.15, 0.2) is 65.7 Å². The van der Waals surface area contributed by atoms with Crippen molar-refractivity contribution < 1.29 is 8.42 Å². The fraction of sp³-hybridized carbons (Fsp3) is 0. The number of sulfonamides is 1. The maximum Gasteiger partial charge on any atom is 0.263 e. The molecule has 0 bridgehead atoms. The molecule has 2 N–H and O–H groups in total. The molecule has 0 radical (unpaired) electrons. The minimum Gasteiger partial charge on any atom is -0.348 e. The van der Waals surface area contributed by atoms with E-state index in [-0.39, 0.29) is 4.90 Å². The van der Waals surface area contributed by atoms with Gasteiger partial charge in [-0.05, 0) is 35.0 Å². The number of hydrogen-bond acceptors (Lipinski definition) is 2. The van der Waals surface area contributed by atoms with Gasteiger partial charge in [0.1, 0.15) is 5.82 Å². The Labute approximate surface area is 111 Å². The first-order valence-corrected chi connectivity index (χ1v) is 7.28. The number of anilines is 1. The van der Waals surface area contributed by atoms with Crippen molar-refractivity contribution in [1.29, 1.82) is 0 Å². The zero-order chi connectivity index (χ0) is 13.3. The van der Waals surface area contributed by atoms with E-state index in [1.54, 1.807) is 36.5 Å². The molecule has 5 heteroatoms. The van der Waals surface area contributed by atoms with Crippen LogP contribution in [0.1, 0.15) is 0 Å². The molecule has 3 aromatic rings. The van der Waals surface area contributed by atoms with Crippen LogP contribution in [0.4, 0.5) is 5.82 Å². The topological polar surface area (TPSA) is 62.0 Å². The predicted octanol–water partition coefficient (Wildman–Crippen LogP) is 2.97. The van der Waals surface area contributed by atoms with E-state index in [1.165, 1.54) is 0 Å². The molecule has 1 aromatic heterocycles. The lowest BCUT2D eigenvalue weighted by molar-refractivity contribution is 0.601. The third kappa shape index (κ3) is 2.32. The number of aromatic amines is 1. The molecule has 0 aliphatic heterocycles. The molecule has 0 unspecified atom stereocenters. The molecule has 2 aromatic carbocycles. The van der Waals surface area contributed by atoms with Gasteiger partial charge in [0.2, 0.25) is 0 Å². The SMILES string of the molecule is O=S(=O)(Nc1ccc[nH]1)c1ccc2ccccc2c1. The monoisotopic (exact) mass is 272 g/mol. The predicted molar refractivity (Wildman–Crippen MR) is 75.5 cm³/mol. The number of H-pyrrole nitrogens is 1. The van der Waals surface area contributed by atoms with Crippen LogP contribution in [0.5, 0.6) is 0 Å². The Morgan fingerprint density at radius 3 is 2.42 bits per heavy atom. The summed E-state index contributed by atoms with van der Waals surface area (Å²) in [7, 11) is -3.56. The van der Waals surface area contributed by atoms with Crippen molar-refractivity contribution in [2.24, 2.45) is 0 Å². The van der Waals surface area contributed by atoms with Gasteiger partial charge in [-0.25, -0.2) is 8.42 Å². The molecule has 0 saturated carbocycles. The molecule has 0 aliphatic rings. The maximum atomic E-state index is 12.2. The van der Waals surface area contributed by atoms with Crippen molar-refractivity contribution in [1.82, 2.24) is 4.98 Å². The van der Waals surface area contributed by atoms with Gasteiger partial charge in [0.25, 0.3) is 10.0 Å². The fourth-order valence-electron chi connectivity index (χ4n) is 1.93. The zero-order valence-electron chi connectivity index (χ0n) is 10.00. The number of hydrogen-bond donors (Lipinski definition) is 2. The van der Waals surface area contributed by atoms with Crippen molar-refractivity contribution >= 4 is 26.6 Å². The van der Waals surface area contributed by atoms with Gasteiger partial charge in [-0.2, -0.15) is 0 Å². The van der Waals surface area contributed by atoms with Gasteiger partial charge in [-0.1, -0.05) is 30.3 Å². The highest BCUT2D eigenvalue weighted by atomic mass is 32.2. The van der Waals surface area contributed by atoms with E-state index in [0.717, 1.165) is 10.8 Å². The molecule has 1 heterocycles. The van der Waals surface area contributed by atoms with Crippen LogP contribution in [-0.2, 0) is 10.0 Å². The average molecular weight is 272 g/mol. The van der Waals surface area contributed by atoms with Gasteiger partial charge in [-0.3, -0.25) is 4.72 Å². The highest BCUT2D eigenvalue weighted by molar-refractivity contribution is 7.92. The first kappa shape index (κ1) is 11.8. The number of benzene rings is 2. The Kier molecular flexibility index (Phi) is 2.76. The standard InChI is InChI=1S/C14H12N2O2S/c17-19(18,16-14-6-3-9-15-14)13-8-7-11-4-1-2-5-12(11)10-13/h1-10,15-16H. The van der Waals surface area contributed by atoms with Crippen molar-refractivity contribution in [2.75, 3.05) is 4.72 Å². The number of nitrogens with one attached hydrogen (secondary N) is 2. The molecule has 0 atom stereocenters. The Balaban J connectivity index is 2.03. The van der Waals surface area contributed by atoms with Crippen molar-refractivity contribution in [3.63, 3.8) is 0 Å². The summed E-state index contributed by atoms with van der Waals surface area (Å²) in [5, 5.41) is 1.91. The summed E-state index contributed by atoms with van der Waals surface area (Å²) in [6, 6.07) is 16.1. The second-order valence-electron chi connectivity index (χ2n) is 4.20. The van der Waals surface area contributed by atoms with Gasteiger partial charge in [0.05, 0.1) is 4.90 Å². The lowest BCUT2D eigenvalue weighted by atomic mass is 10.1. The van der Waals surface area contributed by atoms with E-state index in [9.17, 15) is 8.42 Å². The molecular formula is C14H12N2O2S. The second-order valence-corrected chi connectivity index (χ2v) is 5.88. The first-order valence-electron chi connectivity index (χ1n) is 5.80. The van der Waals surface area contributed by atoms with Crippen LogP contribution in [0.3, 0.4) is 0 Å². The third-order valence-electron chi connectivity index (χ3n) is 2.87. The summed E-state index contributed by atoms with van der Waals surface area (Å²) in [5.74, 6) is 0.452. The largest absolute Gasteiger partial charge is 0.348 e. The summed E-state index contributed by atoms with van der Waals surface area (Å²) < 4.78 is 26.9. The normalized spacial score (nSPS) is 11.6. The second kappa shape index (κ2) is 4.44. The summed E-state index contributed by atoms with van der Waals surface area (Å²) in [5.41, 5.74) is 0. The smallest absolute Gasteiger partial charge is 0.263 e. The molecule has 0 saturated heterocycles. The van der Waals surface area contributed by atoms with Crippen LogP contribution >= 0.6 is 0 Å². The van der Waals surface area contributed by atoms with Gasteiger partial charge >= 0.3 is 0 Å². The quantitative estimate of drug-likeness (QED) is 0.770. The van der Waals surface area contributed by atoms with Crippen LogP contribution in [0.2, 0.25) is 0 Å². The third-order valence-corrected chi connectivity index (χ3v) is 4.24. The highest BCUT2D eigenvalue weighted by Gasteiger charge is 2.14. The number of aromatic nitrogens is 1. The summed E-state index contributed by atoms with van der Waals surface area (Å²) >= 11 is 0. The summed E-state index contributed by atoms with van der Waals surface area (Å²) in [6.07, 6.45) is 1.66. The Morgan fingerprint density at radius 2 is 1.68 bits per heavy atom. The van der Waals surface area contributed by atoms with E-state index in [4.69, 9.17) is 0 Å². The lowest BCUT2D eigenvalue weighted by Crippen LogP contribution is -2.13. The molecule has 0 spiro atoms. The maximum absolute atomic E-state index is 12.2. The molecule has 3 rings (SSSR count). The van der Waals surface area contributed by atoms with Crippen molar-refractivity contribution in [3.05, 3.63) is 60.8 Å². The first-order chi connectivity index (χ1) is 9.15. The van der Waals surface area contributed by atoms with E-state index in [2.05, 4.69) is 9.71 Å². The van der Waals surface area contributed by atoms with Gasteiger partial charge in [-0.15, -0.1) is 0 Å². The van der Waals surface area contributed by atoms with E-state index < -0.39 is 10.0 Å². The van der Waals surface area contributed by atoms with E-state index in [1.807, 2.05) is 24.3 Å². The molecule has 96 valence electrons. The molecule has 4 nitrogen and oxygen atoms in total. The van der Waals surface area contributed by atoms with Gasteiger partial charge in [0.15, 0.2) is 0 Å². The van der Waals surface area contributed by atoms with Crippen LogP contribution in [-0.4, -0.2) is 13.4 Å². The minimum atomic E-state index is -3.56. The van der Waals surface area contributed by atoms with Crippen LogP contribution in [0, 0.1) is 0 Å². The molecule has 0 aliphatic carbocycles. The van der Waals surface area contributed by atoms with E-state index in [0.29, 0.717) is 5.82 Å². The molecular weight excluding hydrogens is 260 g/mol. The molecule has 19 heavy (non-hydrogen) atoms. The molecule has 0 amide bonds. The van der Waals surface area contributed by atoms with E-state index >= 15 is 0 Å². The number of rotatable bonds is 3. The summed E-state index contributed by atoms with van der Waals surface area (Å²) in [4.78, 5) is 3.06. The lowest BCUT2D eigenvalue weighted by Gasteiger charge is -2.07. The van der Waals surface area contributed by atoms with Crippen molar-refractivity contribution in [2.45, 2.75) is 4.90 Å². The zero-order valence-corrected chi connectivity index (χ0v) is 10.8. The minimum absolute atomic E-state index is 0.251. The fourth-order valence-corrected chi connectivity index (χ4v) is 3.00.